The Bertz CT molecular complexity index is 641. The van der Waals surface area contributed by atoms with Crippen molar-refractivity contribution in [2.24, 2.45) is 23.7 Å². The molecule has 7 heteroatoms. The molecule has 1 heterocycles. The van der Waals surface area contributed by atoms with Crippen LogP contribution in [0, 0.1) is 23.7 Å². The second kappa shape index (κ2) is 6.92. The van der Waals surface area contributed by atoms with Gasteiger partial charge in [-0.05, 0) is 83.0 Å². The summed E-state index contributed by atoms with van der Waals surface area (Å²) in [5, 5.41) is 9.01. The fourth-order valence-corrected chi connectivity index (χ4v) is 6.22. The Kier molecular flexibility index (Phi) is 4.82. The number of amides is 3. The maximum Gasteiger partial charge on any atom is 0.408 e. The maximum absolute atomic E-state index is 12.7. The molecule has 1 unspecified atom stereocenters. The van der Waals surface area contributed by atoms with Crippen molar-refractivity contribution < 1.29 is 19.1 Å². The minimum absolute atomic E-state index is 0.0728. The fourth-order valence-electron chi connectivity index (χ4n) is 6.22. The zero-order valence-electron chi connectivity index (χ0n) is 17.2. The highest BCUT2D eigenvalue weighted by Gasteiger charge is 2.58. The third-order valence-corrected chi connectivity index (χ3v) is 7.20. The van der Waals surface area contributed by atoms with Crippen LogP contribution in [0.25, 0.3) is 0 Å². The van der Waals surface area contributed by atoms with Crippen molar-refractivity contribution in [1.82, 2.24) is 16.0 Å². The summed E-state index contributed by atoms with van der Waals surface area (Å²) in [6.45, 7) is 5.99. The fraction of sp³-hybridized carbons (Fsp3) is 0.857. The van der Waals surface area contributed by atoms with Crippen LogP contribution in [0.2, 0.25) is 0 Å². The van der Waals surface area contributed by atoms with Gasteiger partial charge in [-0.2, -0.15) is 0 Å². The lowest BCUT2D eigenvalue weighted by molar-refractivity contribution is -0.127. The zero-order valence-corrected chi connectivity index (χ0v) is 17.2. The van der Waals surface area contributed by atoms with Gasteiger partial charge in [-0.15, -0.1) is 0 Å². The minimum atomic E-state index is -0.561. The highest BCUT2D eigenvalue weighted by atomic mass is 16.6. The molecule has 156 valence electrons. The topological polar surface area (TPSA) is 96.5 Å². The van der Waals surface area contributed by atoms with Gasteiger partial charge in [-0.3, -0.25) is 9.59 Å². The summed E-state index contributed by atoms with van der Waals surface area (Å²) in [5.74, 6) is 2.02. The standard InChI is InChI=1S/C21H33N3O4/c1-20(2,3)28-19(27)24-21(11-22-18(26)16-4-5-17(25)23-16)14-7-12-6-13(9-14)10-15(21)8-12/h12-16H,4-11H2,1-3H3,(H,22,26)(H,23,25)(H,24,27). The van der Waals surface area contributed by atoms with Crippen LogP contribution in [-0.2, 0) is 14.3 Å². The Morgan fingerprint density at radius 1 is 1.11 bits per heavy atom. The quantitative estimate of drug-likeness (QED) is 0.684. The normalized spacial score (nSPS) is 38.8. The van der Waals surface area contributed by atoms with Crippen molar-refractivity contribution in [3.05, 3.63) is 0 Å². The van der Waals surface area contributed by atoms with Gasteiger partial charge >= 0.3 is 6.09 Å². The predicted octanol–water partition coefficient (Wildman–Crippen LogP) is 2.10. The summed E-state index contributed by atoms with van der Waals surface area (Å²) in [7, 11) is 0. The van der Waals surface area contributed by atoms with E-state index in [2.05, 4.69) is 16.0 Å². The van der Waals surface area contributed by atoms with E-state index >= 15 is 0 Å². The van der Waals surface area contributed by atoms with Crippen molar-refractivity contribution in [2.75, 3.05) is 6.54 Å². The molecule has 3 amide bonds. The Balaban J connectivity index is 1.50. The lowest BCUT2D eigenvalue weighted by Crippen LogP contribution is -2.70. The minimum Gasteiger partial charge on any atom is -0.444 e. The van der Waals surface area contributed by atoms with Crippen molar-refractivity contribution >= 4 is 17.9 Å². The summed E-state index contributed by atoms with van der Waals surface area (Å²) >= 11 is 0. The van der Waals surface area contributed by atoms with E-state index in [-0.39, 0.29) is 11.8 Å². The average molecular weight is 392 g/mol. The summed E-state index contributed by atoms with van der Waals surface area (Å²) in [4.78, 5) is 36.8. The van der Waals surface area contributed by atoms with E-state index in [9.17, 15) is 14.4 Å². The maximum atomic E-state index is 12.7. The van der Waals surface area contributed by atoms with Gasteiger partial charge in [-0.1, -0.05) is 0 Å². The van der Waals surface area contributed by atoms with Crippen molar-refractivity contribution in [3.63, 3.8) is 0 Å². The summed E-state index contributed by atoms with van der Waals surface area (Å²) in [5.41, 5.74) is -1.01. The van der Waals surface area contributed by atoms with Gasteiger partial charge in [0.2, 0.25) is 11.8 Å². The first kappa shape index (κ1) is 19.5. The van der Waals surface area contributed by atoms with Crippen LogP contribution in [0.3, 0.4) is 0 Å². The predicted molar refractivity (Wildman–Crippen MR) is 103 cm³/mol. The van der Waals surface area contributed by atoms with Crippen LogP contribution in [0.5, 0.6) is 0 Å². The highest BCUT2D eigenvalue weighted by molar-refractivity contribution is 5.90. The Hall–Kier alpha value is -1.79. The SMILES string of the molecule is CC(C)(C)OC(=O)NC1(CNC(=O)C2CCC(=O)N2)C2CC3CC(C2)CC1C3. The third kappa shape index (κ3) is 3.72. The van der Waals surface area contributed by atoms with Gasteiger partial charge in [0.15, 0.2) is 0 Å². The van der Waals surface area contributed by atoms with Gasteiger partial charge in [0, 0.05) is 13.0 Å². The van der Waals surface area contributed by atoms with Crippen LogP contribution in [-0.4, -0.2) is 41.6 Å². The molecule has 4 aliphatic carbocycles. The van der Waals surface area contributed by atoms with E-state index in [1.807, 2.05) is 20.8 Å². The highest BCUT2D eigenvalue weighted by Crippen LogP contribution is 2.58. The molecular weight excluding hydrogens is 358 g/mol. The Morgan fingerprint density at radius 2 is 1.71 bits per heavy atom. The van der Waals surface area contributed by atoms with E-state index in [4.69, 9.17) is 4.74 Å². The second-order valence-corrected chi connectivity index (χ2v) is 10.3. The number of ether oxygens (including phenoxy) is 1. The molecular formula is C21H33N3O4. The molecule has 5 rings (SSSR count). The van der Waals surface area contributed by atoms with Crippen LogP contribution in [0.4, 0.5) is 4.79 Å². The molecule has 0 aromatic rings. The second-order valence-electron chi connectivity index (χ2n) is 10.3. The molecule has 7 nitrogen and oxygen atoms in total. The lowest BCUT2D eigenvalue weighted by atomic mass is 9.48. The van der Waals surface area contributed by atoms with E-state index in [0.717, 1.165) is 37.5 Å². The number of rotatable bonds is 4. The Labute approximate surface area is 166 Å². The molecule has 4 bridgehead atoms. The molecule has 1 saturated heterocycles. The van der Waals surface area contributed by atoms with Gasteiger partial charge in [0.1, 0.15) is 11.6 Å². The summed E-state index contributed by atoms with van der Waals surface area (Å²) in [6, 6.07) is -0.456. The van der Waals surface area contributed by atoms with Crippen molar-refractivity contribution in [3.8, 4) is 0 Å². The largest absolute Gasteiger partial charge is 0.444 e. The number of carbonyl (C=O) groups is 3. The van der Waals surface area contributed by atoms with Gasteiger partial charge in [0.05, 0.1) is 5.54 Å². The molecule has 28 heavy (non-hydrogen) atoms. The van der Waals surface area contributed by atoms with Crippen LogP contribution >= 0.6 is 0 Å². The smallest absolute Gasteiger partial charge is 0.408 e. The molecule has 0 aromatic heterocycles. The van der Waals surface area contributed by atoms with E-state index in [0.29, 0.717) is 31.2 Å². The molecule has 1 aliphatic heterocycles. The summed E-state index contributed by atoms with van der Waals surface area (Å²) in [6.07, 6.45) is 6.29. The molecule has 5 aliphatic rings. The van der Waals surface area contributed by atoms with Crippen LogP contribution in [0.15, 0.2) is 0 Å². The van der Waals surface area contributed by atoms with Gasteiger partial charge in [-0.25, -0.2) is 4.79 Å². The van der Waals surface area contributed by atoms with Gasteiger partial charge < -0.3 is 20.7 Å². The van der Waals surface area contributed by atoms with Crippen LogP contribution in [0.1, 0.15) is 65.7 Å². The number of alkyl carbamates (subject to hydrolysis) is 1. The molecule has 1 atom stereocenters. The lowest BCUT2D eigenvalue weighted by Gasteiger charge is -2.61. The first-order valence-electron chi connectivity index (χ1n) is 10.7. The number of hydrogen-bond acceptors (Lipinski definition) is 4. The van der Waals surface area contributed by atoms with Gasteiger partial charge in [0.25, 0.3) is 0 Å². The molecule has 4 saturated carbocycles. The number of hydrogen-bond donors (Lipinski definition) is 3. The third-order valence-electron chi connectivity index (χ3n) is 7.20. The molecule has 5 fully saturated rings. The molecule has 0 spiro atoms. The first-order valence-corrected chi connectivity index (χ1v) is 10.7. The van der Waals surface area contributed by atoms with Crippen molar-refractivity contribution in [2.45, 2.75) is 82.9 Å². The summed E-state index contributed by atoms with van der Waals surface area (Å²) < 4.78 is 5.57. The van der Waals surface area contributed by atoms with E-state index in [1.165, 1.54) is 6.42 Å². The van der Waals surface area contributed by atoms with E-state index < -0.39 is 23.3 Å². The molecule has 0 radical (unpaired) electrons. The monoisotopic (exact) mass is 391 g/mol. The zero-order chi connectivity index (χ0) is 20.1. The molecule has 3 N–H and O–H groups in total. The van der Waals surface area contributed by atoms with Crippen molar-refractivity contribution in [1.29, 1.82) is 0 Å². The first-order chi connectivity index (χ1) is 13.1. The Morgan fingerprint density at radius 3 is 2.21 bits per heavy atom. The van der Waals surface area contributed by atoms with Crippen LogP contribution < -0.4 is 16.0 Å². The average Bonchev–Trinajstić information content (AvgIpc) is 3.01. The number of carbonyl (C=O) groups excluding carboxylic acids is 3. The molecule has 0 aromatic carbocycles. The van der Waals surface area contributed by atoms with E-state index in [1.54, 1.807) is 0 Å². The number of nitrogens with one attached hydrogen (secondary N) is 3.